The van der Waals surface area contributed by atoms with Gasteiger partial charge in [-0.05, 0) is 22.4 Å². The number of rotatable bonds is 3. The van der Waals surface area contributed by atoms with E-state index in [9.17, 15) is 5.26 Å². The van der Waals surface area contributed by atoms with Gasteiger partial charge >= 0.3 is 0 Å². The summed E-state index contributed by atoms with van der Waals surface area (Å²) in [4.78, 5) is 4.27. The molecule has 0 atom stereocenters. The van der Waals surface area contributed by atoms with Crippen LogP contribution in [0.5, 0.6) is 0 Å². The Morgan fingerprint density at radius 3 is 2.56 bits per heavy atom. The van der Waals surface area contributed by atoms with Gasteiger partial charge < -0.3 is 4.42 Å². The Hall–Kier alpha value is -3.13. The third-order valence-corrected chi connectivity index (χ3v) is 3.80. The molecule has 3 rings (SSSR count). The minimum absolute atomic E-state index is 0.239. The van der Waals surface area contributed by atoms with Crippen LogP contribution in [0, 0.1) is 11.3 Å². The number of hydrazone groups is 1. The lowest BCUT2D eigenvalue weighted by molar-refractivity contribution is 0.394. The lowest BCUT2D eigenvalue weighted by atomic mass is 9.97. The Kier molecular flexibility index (Phi) is 4.28. The summed E-state index contributed by atoms with van der Waals surface area (Å²) in [6.45, 7) is 5.96. The van der Waals surface area contributed by atoms with E-state index in [0.717, 1.165) is 10.9 Å². The maximum Gasteiger partial charge on any atom is 0.254 e. The van der Waals surface area contributed by atoms with Gasteiger partial charge in [-0.25, -0.2) is 5.01 Å². The average Bonchev–Trinajstić information content (AvgIpc) is 3.04. The molecule has 2 aromatic carbocycles. The predicted molar refractivity (Wildman–Crippen MR) is 99.9 cm³/mol. The summed E-state index contributed by atoms with van der Waals surface area (Å²) in [5.74, 6) is 0.872. The summed E-state index contributed by atoms with van der Waals surface area (Å²) in [7, 11) is 1.74. The van der Waals surface area contributed by atoms with Crippen molar-refractivity contribution >= 4 is 22.9 Å². The van der Waals surface area contributed by atoms with E-state index in [-0.39, 0.29) is 11.1 Å². The van der Waals surface area contributed by atoms with Gasteiger partial charge in [0.25, 0.3) is 5.88 Å². The van der Waals surface area contributed by atoms with Crippen LogP contribution in [0.4, 0.5) is 5.88 Å². The molecule has 0 aliphatic carbocycles. The van der Waals surface area contributed by atoms with Crippen LogP contribution in [0.3, 0.4) is 0 Å². The predicted octanol–water partition coefficient (Wildman–Crippen LogP) is 4.47. The SMILES string of the molecule is CN(N=Cc1ccc2ccccc2c1)c1oc(C(C)(C)C)nc1C#N. The zero-order valence-electron chi connectivity index (χ0n) is 14.8. The second kappa shape index (κ2) is 6.40. The highest BCUT2D eigenvalue weighted by Gasteiger charge is 2.25. The normalized spacial score (nSPS) is 11.8. The molecule has 0 N–H and O–H groups in total. The fourth-order valence-corrected chi connectivity index (χ4v) is 2.42. The Bertz CT molecular complexity index is 973. The third kappa shape index (κ3) is 3.53. The Labute approximate surface area is 147 Å². The van der Waals surface area contributed by atoms with Gasteiger partial charge in [0.1, 0.15) is 6.07 Å². The van der Waals surface area contributed by atoms with Crippen LogP contribution in [-0.2, 0) is 5.41 Å². The van der Waals surface area contributed by atoms with E-state index in [1.165, 1.54) is 10.4 Å². The van der Waals surface area contributed by atoms with E-state index in [2.05, 4.69) is 40.4 Å². The Morgan fingerprint density at radius 2 is 1.88 bits per heavy atom. The molecule has 0 radical (unpaired) electrons. The molecule has 0 saturated carbocycles. The number of anilines is 1. The molecule has 0 fully saturated rings. The fourth-order valence-electron chi connectivity index (χ4n) is 2.42. The monoisotopic (exact) mass is 332 g/mol. The average molecular weight is 332 g/mol. The molecule has 0 bridgehead atoms. The molecule has 1 aromatic heterocycles. The molecule has 25 heavy (non-hydrogen) atoms. The highest BCUT2D eigenvalue weighted by Crippen LogP contribution is 2.28. The summed E-state index contributed by atoms with van der Waals surface area (Å²) in [5.41, 5.74) is 0.940. The first-order chi connectivity index (χ1) is 11.9. The van der Waals surface area contributed by atoms with Gasteiger partial charge in [0.15, 0.2) is 0 Å². The topological polar surface area (TPSA) is 65.4 Å². The molecule has 0 spiro atoms. The number of benzene rings is 2. The lowest BCUT2D eigenvalue weighted by Crippen LogP contribution is -2.11. The molecule has 5 heteroatoms. The van der Waals surface area contributed by atoms with Crippen molar-refractivity contribution in [2.24, 2.45) is 5.10 Å². The first kappa shape index (κ1) is 16.7. The second-order valence-corrected chi connectivity index (χ2v) is 6.91. The number of hydrogen-bond acceptors (Lipinski definition) is 5. The van der Waals surface area contributed by atoms with Crippen LogP contribution in [0.25, 0.3) is 10.8 Å². The quantitative estimate of drug-likeness (QED) is 0.524. The minimum Gasteiger partial charge on any atom is -0.421 e. The Morgan fingerprint density at radius 1 is 1.16 bits per heavy atom. The maximum atomic E-state index is 9.30. The molecule has 0 aliphatic rings. The molecular weight excluding hydrogens is 312 g/mol. The zero-order valence-corrected chi connectivity index (χ0v) is 14.8. The number of oxazole rings is 1. The van der Waals surface area contributed by atoms with E-state index in [4.69, 9.17) is 4.42 Å². The standard InChI is InChI=1S/C20H20N4O/c1-20(2,3)19-23-17(12-21)18(25-19)24(4)22-13-14-9-10-15-7-5-6-8-16(15)11-14/h5-11,13H,1-4H3. The van der Waals surface area contributed by atoms with E-state index >= 15 is 0 Å². The smallest absolute Gasteiger partial charge is 0.254 e. The largest absolute Gasteiger partial charge is 0.421 e. The minimum atomic E-state index is -0.271. The van der Waals surface area contributed by atoms with Crippen LogP contribution >= 0.6 is 0 Å². The van der Waals surface area contributed by atoms with Crippen LogP contribution in [0.15, 0.2) is 52.0 Å². The van der Waals surface area contributed by atoms with Gasteiger partial charge in [-0.1, -0.05) is 57.2 Å². The highest BCUT2D eigenvalue weighted by molar-refractivity contribution is 5.90. The van der Waals surface area contributed by atoms with E-state index < -0.39 is 0 Å². The van der Waals surface area contributed by atoms with E-state index in [0.29, 0.717) is 11.8 Å². The molecule has 3 aromatic rings. The molecule has 0 saturated heterocycles. The van der Waals surface area contributed by atoms with Gasteiger partial charge in [-0.2, -0.15) is 15.3 Å². The van der Waals surface area contributed by atoms with Crippen LogP contribution in [-0.4, -0.2) is 18.2 Å². The fraction of sp³-hybridized carbons (Fsp3) is 0.250. The number of aromatic nitrogens is 1. The molecule has 0 amide bonds. The molecule has 0 aliphatic heterocycles. The van der Waals surface area contributed by atoms with Gasteiger partial charge in [0.05, 0.1) is 6.21 Å². The van der Waals surface area contributed by atoms with Crippen LogP contribution in [0.2, 0.25) is 0 Å². The lowest BCUT2D eigenvalue weighted by Gasteiger charge is -2.13. The van der Waals surface area contributed by atoms with Gasteiger partial charge in [-0.15, -0.1) is 0 Å². The molecular formula is C20H20N4O. The number of nitriles is 1. The summed E-state index contributed by atoms with van der Waals surface area (Å²) in [6.07, 6.45) is 1.74. The first-order valence-electron chi connectivity index (χ1n) is 8.06. The van der Waals surface area contributed by atoms with Gasteiger partial charge in [0.2, 0.25) is 11.6 Å². The molecule has 1 heterocycles. The zero-order chi connectivity index (χ0) is 18.0. The summed E-state index contributed by atoms with van der Waals surface area (Å²) in [5, 5.41) is 17.6. The highest BCUT2D eigenvalue weighted by atomic mass is 16.4. The van der Waals surface area contributed by atoms with Crippen molar-refractivity contribution in [3.8, 4) is 6.07 Å². The van der Waals surface area contributed by atoms with Crippen molar-refractivity contribution in [1.82, 2.24) is 4.98 Å². The molecule has 5 nitrogen and oxygen atoms in total. The number of fused-ring (bicyclic) bond motifs is 1. The van der Waals surface area contributed by atoms with E-state index in [1.807, 2.05) is 39.0 Å². The molecule has 126 valence electrons. The van der Waals surface area contributed by atoms with Gasteiger partial charge in [0, 0.05) is 12.5 Å². The van der Waals surface area contributed by atoms with Crippen molar-refractivity contribution in [2.75, 3.05) is 12.1 Å². The van der Waals surface area contributed by atoms with Crippen molar-refractivity contribution < 1.29 is 4.42 Å². The van der Waals surface area contributed by atoms with Gasteiger partial charge in [-0.3, -0.25) is 0 Å². The van der Waals surface area contributed by atoms with Crippen molar-refractivity contribution in [3.63, 3.8) is 0 Å². The van der Waals surface area contributed by atoms with E-state index in [1.54, 1.807) is 13.3 Å². The first-order valence-corrected chi connectivity index (χ1v) is 8.06. The van der Waals surface area contributed by atoms with Crippen LogP contribution in [0.1, 0.15) is 37.9 Å². The number of nitrogens with zero attached hydrogens (tertiary/aromatic N) is 4. The summed E-state index contributed by atoms with van der Waals surface area (Å²) in [6, 6.07) is 16.4. The third-order valence-electron chi connectivity index (χ3n) is 3.80. The van der Waals surface area contributed by atoms with Crippen molar-refractivity contribution in [2.45, 2.75) is 26.2 Å². The molecule has 0 unspecified atom stereocenters. The summed E-state index contributed by atoms with van der Waals surface area (Å²) >= 11 is 0. The van der Waals surface area contributed by atoms with Crippen LogP contribution < -0.4 is 5.01 Å². The van der Waals surface area contributed by atoms with Crippen molar-refractivity contribution in [1.29, 1.82) is 5.26 Å². The second-order valence-electron chi connectivity index (χ2n) is 6.91. The Balaban J connectivity index is 1.88. The summed E-state index contributed by atoms with van der Waals surface area (Å²) < 4.78 is 5.77. The number of hydrogen-bond donors (Lipinski definition) is 0. The van der Waals surface area contributed by atoms with Crippen molar-refractivity contribution in [3.05, 3.63) is 59.6 Å². The maximum absolute atomic E-state index is 9.30.